The number of nitrogens with one attached hydrogen (secondary N) is 2. The maximum Gasteiger partial charge on any atom is 0.263 e. The lowest BCUT2D eigenvalue weighted by atomic mass is 10.1. The number of carbonyl (C=O) groups is 3. The molecular weight excluding hydrogens is 367 g/mol. The molecule has 1 aromatic rings. The number of ether oxygens (including phenoxy) is 1. The van der Waals surface area contributed by atoms with Gasteiger partial charge in [-0.25, -0.2) is 0 Å². The summed E-state index contributed by atoms with van der Waals surface area (Å²) >= 11 is 16.6. The third-order valence-electron chi connectivity index (χ3n) is 2.61. The van der Waals surface area contributed by atoms with Crippen LogP contribution in [-0.2, 0) is 14.4 Å². The minimum absolute atomic E-state index is 0.0118. The zero-order valence-electron chi connectivity index (χ0n) is 11.1. The summed E-state index contributed by atoms with van der Waals surface area (Å²) in [4.78, 5) is 33.9. The average Bonchev–Trinajstić information content (AvgIpc) is 2.41. The highest BCUT2D eigenvalue weighted by molar-refractivity contribution is 7.80. The topological polar surface area (TPSA) is 108 Å². The molecule has 0 saturated carbocycles. The largest absolute Gasteiger partial charge is 0.546 e. The second-order valence-electron chi connectivity index (χ2n) is 4.27. The van der Waals surface area contributed by atoms with Crippen molar-refractivity contribution in [3.05, 3.63) is 33.3 Å². The van der Waals surface area contributed by atoms with Gasteiger partial charge in [-0.1, -0.05) is 23.2 Å². The number of halogens is 2. The molecule has 23 heavy (non-hydrogen) atoms. The lowest BCUT2D eigenvalue weighted by Gasteiger charge is -2.16. The number of hydrogen-bond acceptors (Lipinski definition) is 6. The van der Waals surface area contributed by atoms with E-state index in [2.05, 4.69) is 22.9 Å². The Balaban J connectivity index is 2.32. The quantitative estimate of drug-likeness (QED) is 0.438. The molecule has 0 radical (unpaired) electrons. The molecule has 2 N–H and O–H groups in total. The molecule has 1 aromatic carbocycles. The molecule has 120 valence electrons. The third-order valence-corrected chi connectivity index (χ3v) is 3.37. The predicted molar refractivity (Wildman–Crippen MR) is 83.8 cm³/mol. The molecule has 10 heteroatoms. The second-order valence-corrected chi connectivity index (χ2v) is 5.49. The Hall–Kier alpha value is -2.16. The van der Waals surface area contributed by atoms with Crippen LogP contribution in [0.2, 0.25) is 10.0 Å². The van der Waals surface area contributed by atoms with Gasteiger partial charge in [-0.05, 0) is 36.0 Å². The van der Waals surface area contributed by atoms with Crippen LogP contribution in [0.5, 0.6) is 5.75 Å². The smallest absolute Gasteiger partial charge is 0.263 e. The summed E-state index contributed by atoms with van der Waals surface area (Å²) < 4.78 is 4.91. The van der Waals surface area contributed by atoms with Crippen LogP contribution in [-0.4, -0.2) is 29.5 Å². The Labute approximate surface area is 145 Å². The van der Waals surface area contributed by atoms with E-state index in [1.165, 1.54) is 18.2 Å². The lowest BCUT2D eigenvalue weighted by molar-refractivity contribution is -0.307. The average molecular weight is 374 g/mol. The molecule has 0 unspecified atom stereocenters. The van der Waals surface area contributed by atoms with Gasteiger partial charge < -0.3 is 14.6 Å². The van der Waals surface area contributed by atoms with Crippen LogP contribution in [0.4, 0.5) is 0 Å². The summed E-state index contributed by atoms with van der Waals surface area (Å²) in [7, 11) is 0. The molecule has 1 fully saturated rings. The lowest BCUT2D eigenvalue weighted by Crippen LogP contribution is -2.51. The summed E-state index contributed by atoms with van der Waals surface area (Å²) in [5.74, 6) is -2.81. The number of carboxylic acid groups (broad SMARTS) is 1. The normalized spacial score (nSPS) is 14.2. The van der Waals surface area contributed by atoms with Crippen LogP contribution in [0.1, 0.15) is 5.56 Å². The predicted octanol–water partition coefficient (Wildman–Crippen LogP) is 0.0364. The van der Waals surface area contributed by atoms with E-state index in [9.17, 15) is 19.5 Å². The Morgan fingerprint density at radius 3 is 2.22 bits per heavy atom. The van der Waals surface area contributed by atoms with E-state index >= 15 is 0 Å². The molecule has 0 aromatic heterocycles. The minimum Gasteiger partial charge on any atom is -0.546 e. The van der Waals surface area contributed by atoms with Crippen LogP contribution in [0.15, 0.2) is 17.7 Å². The van der Waals surface area contributed by atoms with E-state index in [4.69, 9.17) is 27.9 Å². The van der Waals surface area contributed by atoms with Crippen molar-refractivity contribution in [2.45, 2.75) is 0 Å². The number of carbonyl (C=O) groups excluding carboxylic acids is 3. The van der Waals surface area contributed by atoms with Crippen molar-refractivity contribution in [1.29, 1.82) is 0 Å². The number of amides is 2. The second kappa shape index (κ2) is 6.95. The van der Waals surface area contributed by atoms with Crippen molar-refractivity contribution >= 4 is 64.4 Å². The van der Waals surface area contributed by atoms with Crippen LogP contribution in [0.25, 0.3) is 6.08 Å². The Morgan fingerprint density at radius 1 is 1.22 bits per heavy atom. The van der Waals surface area contributed by atoms with Crippen molar-refractivity contribution in [3.8, 4) is 5.75 Å². The summed E-state index contributed by atoms with van der Waals surface area (Å²) in [6, 6.07) is 2.72. The third kappa shape index (κ3) is 4.19. The molecular formula is C13H7Cl2N2O5S-. The summed E-state index contributed by atoms with van der Waals surface area (Å²) in [5.41, 5.74) is 0.156. The van der Waals surface area contributed by atoms with E-state index in [0.717, 1.165) is 0 Å². The molecule has 1 aliphatic heterocycles. The van der Waals surface area contributed by atoms with E-state index in [0.29, 0.717) is 5.56 Å². The molecule has 2 rings (SSSR count). The summed E-state index contributed by atoms with van der Waals surface area (Å²) in [6.07, 6.45) is 1.26. The summed E-state index contributed by atoms with van der Waals surface area (Å²) in [6.45, 7) is -0.720. The van der Waals surface area contributed by atoms with Gasteiger partial charge in [-0.15, -0.1) is 0 Å². The highest BCUT2D eigenvalue weighted by Gasteiger charge is 2.25. The zero-order valence-corrected chi connectivity index (χ0v) is 13.5. The van der Waals surface area contributed by atoms with Gasteiger partial charge in [0.25, 0.3) is 11.8 Å². The van der Waals surface area contributed by atoms with E-state index in [1.807, 2.05) is 0 Å². The Bertz CT molecular complexity index is 718. The first-order valence-corrected chi connectivity index (χ1v) is 7.14. The number of rotatable bonds is 4. The Kier molecular flexibility index (Phi) is 5.19. The van der Waals surface area contributed by atoms with Gasteiger partial charge in [0.1, 0.15) is 12.2 Å². The fourth-order valence-corrected chi connectivity index (χ4v) is 2.50. The minimum atomic E-state index is -1.44. The monoisotopic (exact) mass is 373 g/mol. The van der Waals surface area contributed by atoms with Gasteiger partial charge >= 0.3 is 0 Å². The standard InChI is InChI=1S/C13H8Cl2N2O5S/c14-7-2-5(3-8(15)10(7)22-4-9(18)19)1-6-11(20)16-13(23)17-12(6)21/h1-3H,4H2,(H,18,19)(H2,16,17,20,21,23)/p-1. The number of benzene rings is 1. The van der Waals surface area contributed by atoms with Crippen LogP contribution in [0.3, 0.4) is 0 Å². The molecule has 0 aliphatic carbocycles. The fourth-order valence-electron chi connectivity index (χ4n) is 1.70. The number of thiocarbonyl (C=S) groups is 1. The first kappa shape index (κ1) is 17.2. The number of aliphatic carboxylic acids is 1. The molecule has 7 nitrogen and oxygen atoms in total. The van der Waals surface area contributed by atoms with Crippen LogP contribution < -0.4 is 20.5 Å². The Morgan fingerprint density at radius 2 is 1.74 bits per heavy atom. The molecule has 0 atom stereocenters. The van der Waals surface area contributed by atoms with Gasteiger partial charge in [-0.3, -0.25) is 20.2 Å². The van der Waals surface area contributed by atoms with Crippen LogP contribution >= 0.6 is 35.4 Å². The molecule has 1 heterocycles. The first-order valence-electron chi connectivity index (χ1n) is 5.98. The SMILES string of the molecule is O=C([O-])COc1c(Cl)cc(C=C2C(=O)NC(=S)NC2=O)cc1Cl. The summed E-state index contributed by atoms with van der Waals surface area (Å²) in [5, 5.41) is 14.9. The van der Waals surface area contributed by atoms with E-state index in [-0.39, 0.29) is 26.5 Å². The van der Waals surface area contributed by atoms with Gasteiger partial charge in [0.05, 0.1) is 16.0 Å². The van der Waals surface area contributed by atoms with Gasteiger partial charge in [0, 0.05) is 0 Å². The molecule has 0 bridgehead atoms. The number of carboxylic acids is 1. The van der Waals surface area contributed by atoms with Crippen molar-refractivity contribution in [2.24, 2.45) is 0 Å². The van der Waals surface area contributed by atoms with Crippen molar-refractivity contribution in [2.75, 3.05) is 6.61 Å². The maximum absolute atomic E-state index is 11.7. The van der Waals surface area contributed by atoms with E-state index in [1.54, 1.807) is 0 Å². The first-order chi connectivity index (χ1) is 10.8. The van der Waals surface area contributed by atoms with Crippen LogP contribution in [0, 0.1) is 0 Å². The van der Waals surface area contributed by atoms with Gasteiger partial charge in [0.2, 0.25) is 0 Å². The highest BCUT2D eigenvalue weighted by atomic mass is 35.5. The molecule has 0 spiro atoms. The van der Waals surface area contributed by atoms with Gasteiger partial charge in [-0.2, -0.15) is 0 Å². The highest BCUT2D eigenvalue weighted by Crippen LogP contribution is 2.34. The van der Waals surface area contributed by atoms with Crippen molar-refractivity contribution in [3.63, 3.8) is 0 Å². The van der Waals surface area contributed by atoms with Crippen molar-refractivity contribution < 1.29 is 24.2 Å². The molecule has 1 saturated heterocycles. The molecule has 1 aliphatic rings. The van der Waals surface area contributed by atoms with Crippen molar-refractivity contribution in [1.82, 2.24) is 10.6 Å². The van der Waals surface area contributed by atoms with Gasteiger partial charge in [0.15, 0.2) is 10.9 Å². The number of hydrogen-bond donors (Lipinski definition) is 2. The molecule has 2 amide bonds. The fraction of sp³-hybridized carbons (Fsp3) is 0.0769. The van der Waals surface area contributed by atoms with E-state index < -0.39 is 24.4 Å². The maximum atomic E-state index is 11.7. The zero-order chi connectivity index (χ0) is 17.1.